The molecule has 0 unspecified atom stereocenters. The highest BCUT2D eigenvalue weighted by molar-refractivity contribution is 5.82. The molecular formula is C26H32N2O7. The molecule has 9 nitrogen and oxygen atoms in total. The third-order valence-corrected chi connectivity index (χ3v) is 8.75. The molecule has 3 aliphatic heterocycles. The minimum Gasteiger partial charge on any atom is -0.493 e. The summed E-state index contributed by atoms with van der Waals surface area (Å²) in [6.45, 7) is 3.06. The third kappa shape index (κ3) is 3.04. The highest BCUT2D eigenvalue weighted by Crippen LogP contribution is 2.65. The summed E-state index contributed by atoms with van der Waals surface area (Å²) in [7, 11) is 3.64. The third-order valence-electron chi connectivity index (χ3n) is 8.75. The SMILES string of the molecule is COc1ccc2c3c1O[C@@H]1C(OC(=O)[C@H](C)OC(=O)[C@@H]4CCCN4)=CC[C@]4(O)[C@H](C2)N(C)CC[C@@]314. The second kappa shape index (κ2) is 7.94. The van der Waals surface area contributed by atoms with Crippen molar-refractivity contribution in [3.63, 3.8) is 0 Å². The van der Waals surface area contributed by atoms with Gasteiger partial charge in [-0.05, 0) is 70.5 Å². The standard InChI is InChI=1S/C26H32N2O7/c1-14(33-24(30)16-5-4-11-27-16)23(29)34-18-8-9-26(31)19-13-15-6-7-17(32-3)21-20(15)25(26,22(18)35-21)10-12-28(19)2/h6-8,14,16,19,22,27,31H,4-5,9-13H2,1-3H3/t14-,16-,19-,22+,25+,26-/m0/s1. The average Bonchev–Trinajstić information content (AvgIpc) is 3.49. The van der Waals surface area contributed by atoms with Crippen molar-refractivity contribution in [2.24, 2.45) is 0 Å². The van der Waals surface area contributed by atoms with Gasteiger partial charge in [0.25, 0.3) is 0 Å². The topological polar surface area (TPSA) is 107 Å². The first-order valence-corrected chi connectivity index (χ1v) is 12.5. The Hall–Kier alpha value is -2.62. The Morgan fingerprint density at radius 2 is 2.17 bits per heavy atom. The van der Waals surface area contributed by atoms with Crippen molar-refractivity contribution < 1.29 is 33.6 Å². The van der Waals surface area contributed by atoms with E-state index in [-0.39, 0.29) is 12.1 Å². The number of carbonyl (C=O) groups excluding carboxylic acids is 2. The van der Waals surface area contributed by atoms with Crippen molar-refractivity contribution in [1.29, 1.82) is 0 Å². The van der Waals surface area contributed by atoms with Crippen molar-refractivity contribution in [3.8, 4) is 11.5 Å². The van der Waals surface area contributed by atoms with E-state index < -0.39 is 35.2 Å². The lowest BCUT2D eigenvalue weighted by molar-refractivity contribution is -0.176. The van der Waals surface area contributed by atoms with E-state index in [1.165, 1.54) is 6.92 Å². The zero-order valence-electron chi connectivity index (χ0n) is 20.3. The maximum Gasteiger partial charge on any atom is 0.352 e. The predicted molar refractivity (Wildman–Crippen MR) is 124 cm³/mol. The van der Waals surface area contributed by atoms with Crippen LogP contribution in [-0.4, -0.2) is 79.1 Å². The normalized spacial score (nSPS) is 35.4. The summed E-state index contributed by atoms with van der Waals surface area (Å²) in [6.07, 6.45) is 3.33. The number of hydrogen-bond acceptors (Lipinski definition) is 9. The van der Waals surface area contributed by atoms with Crippen LogP contribution in [-0.2, 0) is 30.9 Å². The number of methoxy groups -OCH3 is 1. The van der Waals surface area contributed by atoms with Crippen LogP contribution in [0.2, 0.25) is 0 Å². The highest BCUT2D eigenvalue weighted by Gasteiger charge is 2.72. The van der Waals surface area contributed by atoms with Gasteiger partial charge in [-0.15, -0.1) is 0 Å². The summed E-state index contributed by atoms with van der Waals surface area (Å²) in [6, 6.07) is 3.49. The van der Waals surface area contributed by atoms with E-state index in [2.05, 4.69) is 16.3 Å². The molecule has 35 heavy (non-hydrogen) atoms. The van der Waals surface area contributed by atoms with Gasteiger partial charge in [0, 0.05) is 18.0 Å². The minimum atomic E-state index is -1.07. The molecule has 1 aromatic rings. The Morgan fingerprint density at radius 1 is 1.34 bits per heavy atom. The maximum atomic E-state index is 13.0. The zero-order chi connectivity index (χ0) is 24.5. The maximum absolute atomic E-state index is 13.0. The van der Waals surface area contributed by atoms with Crippen LogP contribution in [0.1, 0.15) is 43.7 Å². The summed E-state index contributed by atoms with van der Waals surface area (Å²) in [4.78, 5) is 27.6. The van der Waals surface area contributed by atoms with E-state index in [9.17, 15) is 14.7 Å². The van der Waals surface area contributed by atoms with Crippen molar-refractivity contribution >= 4 is 11.9 Å². The number of hydrogen-bond donors (Lipinski definition) is 2. The summed E-state index contributed by atoms with van der Waals surface area (Å²) in [5.41, 5.74) is 0.280. The Bertz CT molecular complexity index is 1110. The van der Waals surface area contributed by atoms with Gasteiger partial charge >= 0.3 is 11.9 Å². The van der Waals surface area contributed by atoms with Crippen molar-refractivity contribution in [2.75, 3.05) is 27.2 Å². The van der Waals surface area contributed by atoms with Crippen molar-refractivity contribution in [2.45, 2.75) is 74.3 Å². The number of likely N-dealkylation sites (N-methyl/N-ethyl adjacent to an activating group) is 1. The van der Waals surface area contributed by atoms with Gasteiger partial charge in [0.2, 0.25) is 0 Å². The lowest BCUT2D eigenvalue weighted by Gasteiger charge is -2.61. The number of piperidine rings is 1. The Kier molecular flexibility index (Phi) is 5.18. The van der Waals surface area contributed by atoms with E-state index in [1.54, 1.807) is 13.2 Å². The van der Waals surface area contributed by atoms with Crippen molar-refractivity contribution in [3.05, 3.63) is 35.1 Å². The number of ether oxygens (including phenoxy) is 4. The molecule has 2 saturated heterocycles. The minimum absolute atomic E-state index is 0.0820. The van der Waals surface area contributed by atoms with Crippen LogP contribution in [0.25, 0.3) is 0 Å². The van der Waals surface area contributed by atoms with Gasteiger partial charge in [0.15, 0.2) is 23.7 Å². The molecule has 2 bridgehead atoms. The summed E-state index contributed by atoms with van der Waals surface area (Å²) in [5.74, 6) is 0.477. The monoisotopic (exact) mass is 484 g/mol. The van der Waals surface area contributed by atoms with E-state index in [0.29, 0.717) is 42.9 Å². The number of benzene rings is 1. The van der Waals surface area contributed by atoms with Crippen LogP contribution in [0.15, 0.2) is 24.0 Å². The van der Waals surface area contributed by atoms with Gasteiger partial charge in [0.05, 0.1) is 18.1 Å². The second-order valence-electron chi connectivity index (χ2n) is 10.4. The smallest absolute Gasteiger partial charge is 0.352 e. The van der Waals surface area contributed by atoms with E-state index in [0.717, 1.165) is 30.6 Å². The number of carbonyl (C=O) groups is 2. The molecule has 1 aromatic carbocycles. The molecule has 188 valence electrons. The number of aliphatic hydroxyl groups is 1. The molecule has 2 N–H and O–H groups in total. The average molecular weight is 485 g/mol. The molecule has 5 aliphatic rings. The molecule has 0 radical (unpaired) electrons. The number of nitrogens with zero attached hydrogens (tertiary/aromatic N) is 1. The van der Waals surface area contributed by atoms with Gasteiger partial charge in [-0.25, -0.2) is 4.79 Å². The van der Waals surface area contributed by atoms with Crippen LogP contribution in [0.5, 0.6) is 11.5 Å². The lowest BCUT2D eigenvalue weighted by atomic mass is 9.50. The van der Waals surface area contributed by atoms with Gasteiger partial charge in [-0.3, -0.25) is 4.79 Å². The Balaban J connectivity index is 1.32. The zero-order valence-corrected chi connectivity index (χ0v) is 20.3. The molecular weight excluding hydrogens is 452 g/mol. The Labute approximate surface area is 204 Å². The number of rotatable bonds is 5. The molecule has 0 amide bonds. The predicted octanol–water partition coefficient (Wildman–Crippen LogP) is 1.20. The summed E-state index contributed by atoms with van der Waals surface area (Å²) in [5, 5.41) is 15.3. The van der Waals surface area contributed by atoms with E-state index in [1.807, 2.05) is 13.1 Å². The molecule has 2 aliphatic carbocycles. The molecule has 1 spiro atoms. The fourth-order valence-corrected chi connectivity index (χ4v) is 6.98. The first-order chi connectivity index (χ1) is 16.8. The molecule has 0 saturated carbocycles. The second-order valence-corrected chi connectivity index (χ2v) is 10.4. The quantitative estimate of drug-likeness (QED) is 0.596. The molecule has 6 atom stereocenters. The summed E-state index contributed by atoms with van der Waals surface area (Å²) >= 11 is 0. The van der Waals surface area contributed by atoms with Gasteiger partial charge in [-0.1, -0.05) is 6.07 Å². The van der Waals surface area contributed by atoms with Gasteiger partial charge in [0.1, 0.15) is 11.8 Å². The van der Waals surface area contributed by atoms with Crippen LogP contribution < -0.4 is 14.8 Å². The van der Waals surface area contributed by atoms with Crippen LogP contribution in [0.3, 0.4) is 0 Å². The molecule has 2 fully saturated rings. The van der Waals surface area contributed by atoms with Crippen LogP contribution in [0, 0.1) is 0 Å². The number of nitrogens with one attached hydrogen (secondary N) is 1. The van der Waals surface area contributed by atoms with Gasteiger partial charge < -0.3 is 34.3 Å². The van der Waals surface area contributed by atoms with E-state index >= 15 is 0 Å². The fourth-order valence-electron chi connectivity index (χ4n) is 6.98. The number of likely N-dealkylation sites (tertiary alicyclic amines) is 1. The Morgan fingerprint density at radius 3 is 2.91 bits per heavy atom. The van der Waals surface area contributed by atoms with Crippen LogP contribution in [0.4, 0.5) is 0 Å². The first-order valence-electron chi connectivity index (χ1n) is 12.5. The highest BCUT2D eigenvalue weighted by atomic mass is 16.6. The summed E-state index contributed by atoms with van der Waals surface area (Å²) < 4.78 is 23.3. The lowest BCUT2D eigenvalue weighted by Crippen LogP contribution is -2.74. The van der Waals surface area contributed by atoms with Crippen molar-refractivity contribution in [1.82, 2.24) is 10.2 Å². The van der Waals surface area contributed by atoms with Crippen LogP contribution >= 0.6 is 0 Å². The molecule has 6 rings (SSSR count). The van der Waals surface area contributed by atoms with E-state index in [4.69, 9.17) is 18.9 Å². The fraction of sp³-hybridized carbons (Fsp3) is 0.615. The van der Waals surface area contributed by atoms with Gasteiger partial charge in [-0.2, -0.15) is 0 Å². The molecule has 3 heterocycles. The molecule has 0 aromatic heterocycles. The number of esters is 2. The largest absolute Gasteiger partial charge is 0.493 e. The molecule has 9 heteroatoms. The first kappa shape index (κ1) is 22.8.